The zero-order chi connectivity index (χ0) is 13.8. The molecule has 0 amide bonds. The van der Waals surface area contributed by atoms with Crippen molar-refractivity contribution in [3.8, 4) is 11.5 Å². The number of rotatable bonds is 4. The normalized spacial score (nSPS) is 10.9. The van der Waals surface area contributed by atoms with E-state index in [4.69, 9.17) is 44.3 Å². The summed E-state index contributed by atoms with van der Waals surface area (Å²) < 4.78 is 7.93. The Morgan fingerprint density at radius 2 is 2.06 bits per heavy atom. The van der Waals surface area contributed by atoms with Crippen molar-refractivity contribution in [3.63, 3.8) is 0 Å². The van der Waals surface area contributed by atoms with Crippen molar-refractivity contribution in [2.75, 3.05) is 7.11 Å². The lowest BCUT2D eigenvalue weighted by molar-refractivity contribution is -0.133. The maximum Gasteiger partial charge on any atom is 0.364 e. The van der Waals surface area contributed by atoms with Gasteiger partial charge in [0.1, 0.15) is 0 Å². The first-order valence-corrected chi connectivity index (χ1v) is 6.08. The van der Waals surface area contributed by atoms with E-state index in [0.717, 1.165) is 5.56 Å². The Morgan fingerprint density at radius 3 is 2.56 bits per heavy atom. The van der Waals surface area contributed by atoms with Crippen molar-refractivity contribution in [3.05, 3.63) is 36.4 Å². The van der Waals surface area contributed by atoms with E-state index < -0.39 is 9.76 Å². The highest BCUT2D eigenvalue weighted by molar-refractivity contribution is 6.75. The average molecular weight is 310 g/mol. The van der Waals surface area contributed by atoms with Gasteiger partial charge in [-0.05, 0) is 24.1 Å². The molecule has 0 heterocycles. The Bertz CT molecular complexity index is 452. The van der Waals surface area contributed by atoms with Gasteiger partial charge in [-0.3, -0.25) is 0 Å². The molecule has 0 aliphatic rings. The number of carbonyl (C=O) groups excluding carboxylic acids is 1. The summed E-state index contributed by atoms with van der Waals surface area (Å²) >= 11 is 16.2. The maximum absolute atomic E-state index is 11.4. The van der Waals surface area contributed by atoms with Gasteiger partial charge in [0.05, 0.1) is 7.11 Å². The van der Waals surface area contributed by atoms with Crippen LogP contribution in [0.2, 0.25) is 0 Å². The summed E-state index contributed by atoms with van der Waals surface area (Å²) in [5.74, 6) is -0.402. The van der Waals surface area contributed by atoms with Crippen LogP contribution in [0.3, 0.4) is 0 Å². The van der Waals surface area contributed by atoms with Gasteiger partial charge in [0.15, 0.2) is 11.5 Å². The third kappa shape index (κ3) is 4.09. The highest BCUT2D eigenvalue weighted by Crippen LogP contribution is 2.33. The van der Waals surface area contributed by atoms with Gasteiger partial charge in [0.2, 0.25) is 0 Å². The molecule has 1 aromatic rings. The van der Waals surface area contributed by atoms with Gasteiger partial charge < -0.3 is 9.47 Å². The number of methoxy groups -OCH3 is 1. The van der Waals surface area contributed by atoms with Crippen LogP contribution in [0.15, 0.2) is 30.9 Å². The molecule has 0 unspecified atom stereocenters. The molecule has 1 aromatic carbocycles. The van der Waals surface area contributed by atoms with Gasteiger partial charge in [-0.1, -0.05) is 46.9 Å². The maximum atomic E-state index is 11.4. The number of hydrogen-bond acceptors (Lipinski definition) is 3. The van der Waals surface area contributed by atoms with Gasteiger partial charge >= 0.3 is 5.97 Å². The fraction of sp³-hybridized carbons (Fsp3) is 0.250. The Labute approximate surface area is 120 Å². The van der Waals surface area contributed by atoms with Gasteiger partial charge in [0.25, 0.3) is 3.79 Å². The lowest BCUT2D eigenvalue weighted by Crippen LogP contribution is -2.24. The Balaban J connectivity index is 2.96. The summed E-state index contributed by atoms with van der Waals surface area (Å²) in [6.45, 7) is 3.64. The minimum atomic E-state index is -2.12. The molecule has 3 nitrogen and oxygen atoms in total. The van der Waals surface area contributed by atoms with E-state index in [1.807, 2.05) is 0 Å². The zero-order valence-electron chi connectivity index (χ0n) is 9.58. The third-order valence-electron chi connectivity index (χ3n) is 2.04. The largest absolute Gasteiger partial charge is 0.493 e. The molecular weight excluding hydrogens is 298 g/mol. The molecule has 0 aliphatic carbocycles. The molecular formula is C12H11Cl3O3. The van der Waals surface area contributed by atoms with Gasteiger partial charge in [-0.2, -0.15) is 0 Å². The molecule has 98 valence electrons. The van der Waals surface area contributed by atoms with E-state index in [1.165, 1.54) is 7.11 Å². The van der Waals surface area contributed by atoms with Crippen LogP contribution >= 0.6 is 34.8 Å². The number of ether oxygens (including phenoxy) is 2. The number of hydrogen-bond donors (Lipinski definition) is 0. The molecule has 0 aliphatic heterocycles. The number of alkyl halides is 3. The predicted molar refractivity (Wildman–Crippen MR) is 72.8 cm³/mol. The average Bonchev–Trinajstić information content (AvgIpc) is 2.30. The standard InChI is InChI=1S/C12H11Cl3O3/c1-3-4-8-5-6-9(10(7-8)17-2)18-11(16)12(13,14)15/h3,5-7H,1,4H2,2H3. The third-order valence-corrected chi connectivity index (χ3v) is 2.51. The number of benzene rings is 1. The van der Waals surface area contributed by atoms with Crippen LogP contribution in [0.25, 0.3) is 0 Å². The smallest absolute Gasteiger partial charge is 0.364 e. The number of allylic oxidation sites excluding steroid dienone is 1. The first-order valence-electron chi connectivity index (χ1n) is 4.95. The van der Waals surface area contributed by atoms with E-state index in [2.05, 4.69) is 6.58 Å². The quantitative estimate of drug-likeness (QED) is 0.368. The molecule has 0 fully saturated rings. The second-order valence-corrected chi connectivity index (χ2v) is 5.65. The summed E-state index contributed by atoms with van der Waals surface area (Å²) in [5.41, 5.74) is 0.968. The fourth-order valence-corrected chi connectivity index (χ4v) is 1.36. The van der Waals surface area contributed by atoms with Crippen molar-refractivity contribution < 1.29 is 14.3 Å². The van der Waals surface area contributed by atoms with Crippen LogP contribution in [0.5, 0.6) is 11.5 Å². The highest BCUT2D eigenvalue weighted by atomic mass is 35.6. The van der Waals surface area contributed by atoms with Crippen molar-refractivity contribution in [1.29, 1.82) is 0 Å². The molecule has 1 rings (SSSR count). The minimum Gasteiger partial charge on any atom is -0.493 e. The molecule has 0 radical (unpaired) electrons. The second kappa shape index (κ2) is 6.32. The number of carbonyl (C=O) groups is 1. The lowest BCUT2D eigenvalue weighted by Gasteiger charge is -2.13. The molecule has 0 bridgehead atoms. The molecule has 0 aromatic heterocycles. The summed E-state index contributed by atoms with van der Waals surface area (Å²) in [6.07, 6.45) is 2.43. The highest BCUT2D eigenvalue weighted by Gasteiger charge is 2.33. The molecule has 18 heavy (non-hydrogen) atoms. The molecule has 0 spiro atoms. The summed E-state index contributed by atoms with van der Waals surface area (Å²) in [6, 6.07) is 5.07. The minimum absolute atomic E-state index is 0.196. The topological polar surface area (TPSA) is 35.5 Å². The van der Waals surface area contributed by atoms with Gasteiger partial charge in [-0.15, -0.1) is 6.58 Å². The first kappa shape index (κ1) is 15.2. The second-order valence-electron chi connectivity index (χ2n) is 3.37. The predicted octanol–water partition coefficient (Wildman–Crippen LogP) is 3.70. The van der Waals surface area contributed by atoms with E-state index >= 15 is 0 Å². The number of halogens is 3. The van der Waals surface area contributed by atoms with Crippen LogP contribution in [0.4, 0.5) is 0 Å². The summed E-state index contributed by atoms with van der Waals surface area (Å²) in [4.78, 5) is 11.4. The van der Waals surface area contributed by atoms with Gasteiger partial charge in [-0.25, -0.2) is 4.79 Å². The zero-order valence-corrected chi connectivity index (χ0v) is 11.9. The molecule has 0 atom stereocenters. The van der Waals surface area contributed by atoms with Crippen molar-refractivity contribution in [2.24, 2.45) is 0 Å². The van der Waals surface area contributed by atoms with Crippen molar-refractivity contribution in [2.45, 2.75) is 10.2 Å². The van der Waals surface area contributed by atoms with Crippen LogP contribution in [-0.4, -0.2) is 16.9 Å². The summed E-state index contributed by atoms with van der Waals surface area (Å²) in [7, 11) is 1.46. The SMILES string of the molecule is C=CCc1ccc(OC(=O)C(Cl)(Cl)Cl)c(OC)c1. The first-order chi connectivity index (χ1) is 8.38. The van der Waals surface area contributed by atoms with Crippen LogP contribution in [0.1, 0.15) is 5.56 Å². The van der Waals surface area contributed by atoms with Crippen molar-refractivity contribution in [1.82, 2.24) is 0 Å². The van der Waals surface area contributed by atoms with Gasteiger partial charge in [0, 0.05) is 0 Å². The number of esters is 1. The Morgan fingerprint density at radius 1 is 1.39 bits per heavy atom. The molecule has 0 saturated carbocycles. The Kier molecular flexibility index (Phi) is 5.32. The van der Waals surface area contributed by atoms with Crippen LogP contribution in [-0.2, 0) is 11.2 Å². The van der Waals surface area contributed by atoms with Crippen LogP contribution < -0.4 is 9.47 Å². The molecule has 0 N–H and O–H groups in total. The fourth-order valence-electron chi connectivity index (χ4n) is 1.25. The van der Waals surface area contributed by atoms with E-state index in [-0.39, 0.29) is 5.75 Å². The van der Waals surface area contributed by atoms with E-state index in [0.29, 0.717) is 12.2 Å². The van der Waals surface area contributed by atoms with E-state index in [1.54, 1.807) is 24.3 Å². The monoisotopic (exact) mass is 308 g/mol. The summed E-state index contributed by atoms with van der Waals surface area (Å²) in [5, 5.41) is 0. The molecule has 6 heteroatoms. The van der Waals surface area contributed by atoms with Crippen molar-refractivity contribution >= 4 is 40.8 Å². The lowest BCUT2D eigenvalue weighted by atomic mass is 10.1. The van der Waals surface area contributed by atoms with E-state index in [9.17, 15) is 4.79 Å². The Hall–Kier alpha value is -0.900. The molecule has 0 saturated heterocycles. The van der Waals surface area contributed by atoms with Crippen LogP contribution in [0, 0.1) is 0 Å².